The minimum Gasteiger partial charge on any atom is -0.314 e. The second kappa shape index (κ2) is 11.2. The number of hydrogen-bond donors (Lipinski definition) is 1. The highest BCUT2D eigenvalue weighted by atomic mass is 35.5. The number of halogens is 1. The van der Waals surface area contributed by atoms with Gasteiger partial charge in [-0.25, -0.2) is 9.78 Å². The summed E-state index contributed by atoms with van der Waals surface area (Å²) in [5.41, 5.74) is 2.32. The quantitative estimate of drug-likeness (QED) is 0.316. The van der Waals surface area contributed by atoms with Crippen LogP contribution in [-0.2, 0) is 13.0 Å². The normalized spacial score (nSPS) is 11.9. The number of amides is 2. The molecule has 1 N–H and O–H groups in total. The molecule has 0 aliphatic heterocycles. The van der Waals surface area contributed by atoms with E-state index in [2.05, 4.69) is 5.32 Å². The third-order valence-electron chi connectivity index (χ3n) is 6.02. The lowest BCUT2D eigenvalue weighted by Gasteiger charge is -2.31. The second-order valence-electron chi connectivity index (χ2n) is 8.49. The minimum atomic E-state index is -0.435. The van der Waals surface area contributed by atoms with Crippen molar-refractivity contribution < 1.29 is 4.79 Å². The number of nitrogens with zero attached hydrogens (tertiary/aromatic N) is 3. The van der Waals surface area contributed by atoms with E-state index in [1.54, 1.807) is 39.8 Å². The average molecular weight is 489 g/mol. The molecule has 2 amide bonds. The summed E-state index contributed by atoms with van der Waals surface area (Å²) < 4.78 is 1.71. The number of carbonyl (C=O) groups excluding carboxylic acids is 1. The van der Waals surface area contributed by atoms with Gasteiger partial charge in [0.15, 0.2) is 0 Å². The lowest BCUT2D eigenvalue weighted by molar-refractivity contribution is 0.189. The number of rotatable bonds is 8. The first-order valence-corrected chi connectivity index (χ1v) is 12.2. The van der Waals surface area contributed by atoms with E-state index in [9.17, 15) is 9.59 Å². The Balaban J connectivity index is 1.71. The molecule has 1 atom stereocenters. The Morgan fingerprint density at radius 2 is 1.71 bits per heavy atom. The zero-order valence-electron chi connectivity index (χ0n) is 19.9. The summed E-state index contributed by atoms with van der Waals surface area (Å²) >= 11 is 6.00. The molecule has 0 fully saturated rings. The van der Waals surface area contributed by atoms with Crippen LogP contribution in [0.15, 0.2) is 83.7 Å². The Kier molecular flexibility index (Phi) is 7.83. The van der Waals surface area contributed by atoms with Gasteiger partial charge < -0.3 is 10.2 Å². The molecule has 0 aliphatic rings. The number of benzene rings is 3. The number of nitrogens with one attached hydrogen (secondary N) is 1. The molecule has 6 nitrogen and oxygen atoms in total. The van der Waals surface area contributed by atoms with Crippen molar-refractivity contribution in [2.45, 2.75) is 39.3 Å². The maximum atomic E-state index is 13.5. The molecule has 4 rings (SSSR count). The van der Waals surface area contributed by atoms with Gasteiger partial charge in [0.05, 0.1) is 16.9 Å². The number of fused-ring (bicyclic) bond motifs is 1. The zero-order chi connectivity index (χ0) is 24.8. The van der Waals surface area contributed by atoms with Gasteiger partial charge >= 0.3 is 6.03 Å². The van der Waals surface area contributed by atoms with Crippen LogP contribution in [0.4, 0.5) is 10.5 Å². The van der Waals surface area contributed by atoms with Crippen molar-refractivity contribution in [1.29, 1.82) is 0 Å². The second-order valence-corrected chi connectivity index (χ2v) is 8.92. The number of anilines is 1. The van der Waals surface area contributed by atoms with Gasteiger partial charge in [0.2, 0.25) is 0 Å². The van der Waals surface area contributed by atoms with Crippen LogP contribution in [-0.4, -0.2) is 27.0 Å². The van der Waals surface area contributed by atoms with Crippen LogP contribution in [0.25, 0.3) is 10.9 Å². The van der Waals surface area contributed by atoms with Gasteiger partial charge in [0, 0.05) is 23.8 Å². The maximum absolute atomic E-state index is 13.5. The monoisotopic (exact) mass is 488 g/mol. The van der Waals surface area contributed by atoms with Gasteiger partial charge in [0.1, 0.15) is 5.82 Å². The molecule has 4 aromatic rings. The van der Waals surface area contributed by atoms with Gasteiger partial charge in [-0.15, -0.1) is 0 Å². The zero-order valence-corrected chi connectivity index (χ0v) is 20.7. The van der Waals surface area contributed by atoms with E-state index in [0.29, 0.717) is 46.9 Å². The van der Waals surface area contributed by atoms with Crippen molar-refractivity contribution in [2.24, 2.45) is 0 Å². The van der Waals surface area contributed by atoms with Gasteiger partial charge in [-0.1, -0.05) is 61.0 Å². The standard InChI is InChI=1S/C28H29ClN4O2/c1-3-18-33-26(31-25-12-8-7-11-24(25)27(33)34)20(2)32(19-17-21-9-5-4-6-10-21)28(35)30-23-15-13-22(29)14-16-23/h4-16,20H,3,17-19H2,1-2H3,(H,30,35). The molecule has 0 saturated carbocycles. The smallest absolute Gasteiger partial charge is 0.314 e. The molecule has 1 aromatic heterocycles. The summed E-state index contributed by atoms with van der Waals surface area (Å²) in [4.78, 5) is 33.4. The molecule has 0 saturated heterocycles. The molecule has 7 heteroatoms. The van der Waals surface area contributed by atoms with Gasteiger partial charge in [-0.3, -0.25) is 9.36 Å². The topological polar surface area (TPSA) is 67.2 Å². The van der Waals surface area contributed by atoms with E-state index in [1.807, 2.05) is 62.4 Å². The van der Waals surface area contributed by atoms with Gasteiger partial charge in [-0.05, 0) is 61.7 Å². The highest BCUT2D eigenvalue weighted by Crippen LogP contribution is 2.23. The van der Waals surface area contributed by atoms with E-state index in [-0.39, 0.29) is 11.6 Å². The average Bonchev–Trinajstić information content (AvgIpc) is 2.87. The minimum absolute atomic E-state index is 0.0829. The first-order chi connectivity index (χ1) is 17.0. The Bertz CT molecular complexity index is 1350. The predicted molar refractivity (Wildman–Crippen MR) is 142 cm³/mol. The Morgan fingerprint density at radius 3 is 2.43 bits per heavy atom. The largest absolute Gasteiger partial charge is 0.322 e. The molecular weight excluding hydrogens is 460 g/mol. The predicted octanol–water partition coefficient (Wildman–Crippen LogP) is 6.30. The third kappa shape index (κ3) is 5.72. The Hall–Kier alpha value is -3.64. The van der Waals surface area contributed by atoms with Crippen LogP contribution in [0.5, 0.6) is 0 Å². The molecule has 1 unspecified atom stereocenters. The molecule has 180 valence electrons. The molecule has 3 aromatic carbocycles. The first kappa shape index (κ1) is 24.5. The van der Waals surface area contributed by atoms with Gasteiger partial charge in [-0.2, -0.15) is 0 Å². The fourth-order valence-electron chi connectivity index (χ4n) is 4.18. The molecule has 0 bridgehead atoms. The van der Waals surface area contributed by atoms with Crippen molar-refractivity contribution in [2.75, 3.05) is 11.9 Å². The number of carbonyl (C=O) groups is 1. The first-order valence-electron chi connectivity index (χ1n) is 11.8. The molecule has 0 radical (unpaired) electrons. The van der Waals surface area contributed by atoms with E-state index in [4.69, 9.17) is 16.6 Å². The Morgan fingerprint density at radius 1 is 1.03 bits per heavy atom. The van der Waals surface area contributed by atoms with Crippen LogP contribution in [0, 0.1) is 0 Å². The fraction of sp³-hybridized carbons (Fsp3) is 0.250. The third-order valence-corrected chi connectivity index (χ3v) is 6.27. The van der Waals surface area contributed by atoms with Crippen LogP contribution in [0.3, 0.4) is 0 Å². The van der Waals surface area contributed by atoms with Crippen LogP contribution < -0.4 is 10.9 Å². The summed E-state index contributed by atoms with van der Waals surface area (Å²) in [7, 11) is 0. The number of hydrogen-bond acceptors (Lipinski definition) is 3. The van der Waals surface area contributed by atoms with Crippen LogP contribution >= 0.6 is 11.6 Å². The van der Waals surface area contributed by atoms with Gasteiger partial charge in [0.25, 0.3) is 5.56 Å². The number of aromatic nitrogens is 2. The van der Waals surface area contributed by atoms with Crippen LogP contribution in [0.1, 0.15) is 37.7 Å². The summed E-state index contributed by atoms with van der Waals surface area (Å²) in [6.07, 6.45) is 1.45. The molecule has 0 aliphatic carbocycles. The summed E-state index contributed by atoms with van der Waals surface area (Å²) in [6.45, 7) is 4.94. The summed E-state index contributed by atoms with van der Waals surface area (Å²) in [6, 6.07) is 23.7. The van der Waals surface area contributed by atoms with E-state index in [1.165, 1.54) is 0 Å². The SMILES string of the molecule is CCCn1c(C(C)N(CCc2ccccc2)C(=O)Nc2ccc(Cl)cc2)nc2ccccc2c1=O. The van der Waals surface area contributed by atoms with Crippen molar-refractivity contribution in [3.8, 4) is 0 Å². The molecule has 35 heavy (non-hydrogen) atoms. The summed E-state index contributed by atoms with van der Waals surface area (Å²) in [5.74, 6) is 0.579. The summed E-state index contributed by atoms with van der Waals surface area (Å²) in [5, 5.41) is 4.15. The van der Waals surface area contributed by atoms with E-state index < -0.39 is 6.04 Å². The highest BCUT2D eigenvalue weighted by Gasteiger charge is 2.26. The molecular formula is C28H29ClN4O2. The highest BCUT2D eigenvalue weighted by molar-refractivity contribution is 6.30. The number of para-hydroxylation sites is 1. The maximum Gasteiger partial charge on any atom is 0.322 e. The van der Waals surface area contributed by atoms with Crippen molar-refractivity contribution in [1.82, 2.24) is 14.5 Å². The van der Waals surface area contributed by atoms with Crippen LogP contribution in [0.2, 0.25) is 5.02 Å². The molecule has 1 heterocycles. The van der Waals surface area contributed by atoms with E-state index >= 15 is 0 Å². The van der Waals surface area contributed by atoms with Crippen molar-refractivity contribution >= 4 is 34.2 Å². The Labute approximate surface area is 210 Å². The fourth-order valence-corrected chi connectivity index (χ4v) is 4.30. The van der Waals surface area contributed by atoms with Crippen molar-refractivity contribution in [3.05, 3.63) is 106 Å². The lowest BCUT2D eigenvalue weighted by atomic mass is 10.1. The molecule has 0 spiro atoms. The van der Waals surface area contributed by atoms with Crippen molar-refractivity contribution in [3.63, 3.8) is 0 Å². The number of urea groups is 1. The van der Waals surface area contributed by atoms with E-state index in [0.717, 1.165) is 12.0 Å². The lowest BCUT2D eigenvalue weighted by Crippen LogP contribution is -2.41.